The lowest BCUT2D eigenvalue weighted by Crippen LogP contribution is -2.43. The quantitative estimate of drug-likeness (QED) is 0.285. The van der Waals surface area contributed by atoms with Gasteiger partial charge < -0.3 is 19.1 Å². The minimum Gasteiger partial charge on any atom is -0.496 e. The molecule has 7 nitrogen and oxygen atoms in total. The molecule has 1 saturated heterocycles. The standard InChI is InChI=1S/C26H31ClN2O5/c1-5-23(27)28-14-17(2)21-13-24(30)29(15-20-10-8-12-33-20)18(3)25(21)26(31)34-16-19-9-6-7-11-22(19)32-4/h5-7,9,11,14,20-21H,2,8,10,12-13,15-16H2,1,3-4H3/b23-5-,28-14?/t20-,21+/m1/s1. The molecule has 34 heavy (non-hydrogen) atoms. The highest BCUT2D eigenvalue weighted by Crippen LogP contribution is 2.35. The number of methoxy groups -OCH3 is 1. The zero-order chi connectivity index (χ0) is 24.7. The fraction of sp³-hybridized carbons (Fsp3) is 0.423. The maximum Gasteiger partial charge on any atom is 0.336 e. The molecule has 3 rings (SSSR count). The van der Waals surface area contributed by atoms with E-state index in [9.17, 15) is 9.59 Å². The minimum absolute atomic E-state index is 0.0387. The molecule has 182 valence electrons. The Labute approximate surface area is 205 Å². The van der Waals surface area contributed by atoms with Crippen molar-refractivity contribution in [1.29, 1.82) is 0 Å². The number of allylic oxidation sites excluding steroid dienone is 3. The van der Waals surface area contributed by atoms with Crippen molar-refractivity contribution < 1.29 is 23.8 Å². The third-order valence-electron chi connectivity index (χ3n) is 6.04. The highest BCUT2D eigenvalue weighted by molar-refractivity contribution is 6.29. The van der Waals surface area contributed by atoms with Crippen molar-refractivity contribution in [3.63, 3.8) is 0 Å². The first kappa shape index (κ1) is 25.7. The molecule has 0 radical (unpaired) electrons. The summed E-state index contributed by atoms with van der Waals surface area (Å²) in [5.74, 6) is -0.534. The first-order chi connectivity index (χ1) is 16.3. The van der Waals surface area contributed by atoms with E-state index in [1.165, 1.54) is 6.21 Å². The van der Waals surface area contributed by atoms with Crippen molar-refractivity contribution in [2.45, 2.75) is 45.8 Å². The van der Waals surface area contributed by atoms with Crippen molar-refractivity contribution in [3.8, 4) is 5.75 Å². The fourth-order valence-corrected chi connectivity index (χ4v) is 4.21. The molecule has 2 heterocycles. The Bertz CT molecular complexity index is 1020. The van der Waals surface area contributed by atoms with E-state index >= 15 is 0 Å². The van der Waals surface area contributed by atoms with Crippen LogP contribution in [0.15, 0.2) is 63.9 Å². The molecule has 2 aliphatic heterocycles. The van der Waals surface area contributed by atoms with E-state index in [4.69, 9.17) is 25.8 Å². The number of carbonyl (C=O) groups excluding carboxylic acids is 2. The van der Waals surface area contributed by atoms with Crippen LogP contribution < -0.4 is 4.74 Å². The van der Waals surface area contributed by atoms with E-state index in [0.717, 1.165) is 18.4 Å². The van der Waals surface area contributed by atoms with Crippen molar-refractivity contribution >= 4 is 29.7 Å². The highest BCUT2D eigenvalue weighted by atomic mass is 35.5. The van der Waals surface area contributed by atoms with Crippen LogP contribution in [-0.2, 0) is 25.7 Å². The summed E-state index contributed by atoms with van der Waals surface area (Å²) in [6.07, 6.45) is 5.03. The second-order valence-corrected chi connectivity index (χ2v) is 8.61. The molecule has 0 aliphatic carbocycles. The Morgan fingerprint density at radius 1 is 1.38 bits per heavy atom. The summed E-state index contributed by atoms with van der Waals surface area (Å²) in [6.45, 7) is 8.73. The number of esters is 1. The lowest BCUT2D eigenvalue weighted by Gasteiger charge is -2.35. The number of amides is 1. The first-order valence-corrected chi connectivity index (χ1v) is 11.7. The van der Waals surface area contributed by atoms with Gasteiger partial charge in [0.25, 0.3) is 0 Å². The third-order valence-corrected chi connectivity index (χ3v) is 6.36. The summed E-state index contributed by atoms with van der Waals surface area (Å²) in [5.41, 5.74) is 2.19. The van der Waals surface area contributed by atoms with Crippen LogP contribution in [0.1, 0.15) is 38.7 Å². The largest absolute Gasteiger partial charge is 0.496 e. The third kappa shape index (κ3) is 6.15. The number of hydrogen-bond acceptors (Lipinski definition) is 6. The number of benzene rings is 1. The molecule has 0 N–H and O–H groups in total. The van der Waals surface area contributed by atoms with Gasteiger partial charge in [-0.2, -0.15) is 0 Å². The smallest absolute Gasteiger partial charge is 0.336 e. The molecular weight excluding hydrogens is 456 g/mol. The van der Waals surface area contributed by atoms with Crippen LogP contribution in [0.5, 0.6) is 5.75 Å². The highest BCUT2D eigenvalue weighted by Gasteiger charge is 2.38. The van der Waals surface area contributed by atoms with Crippen molar-refractivity contribution in [2.24, 2.45) is 10.9 Å². The molecule has 0 unspecified atom stereocenters. The Hall–Kier alpha value is -2.90. The summed E-state index contributed by atoms with van der Waals surface area (Å²) >= 11 is 5.99. The SMILES string of the molecule is C=C(C=N/C(Cl)=C\C)[C@@H]1CC(=O)N(C[C@H]2CCCO2)C(C)=C1C(=O)OCc1ccccc1OC. The average Bonchev–Trinajstić information content (AvgIpc) is 3.36. The van der Waals surface area contributed by atoms with Gasteiger partial charge in [-0.05, 0) is 38.3 Å². The van der Waals surface area contributed by atoms with Gasteiger partial charge in [0, 0.05) is 36.4 Å². The normalized spacial score (nSPS) is 21.4. The van der Waals surface area contributed by atoms with Gasteiger partial charge in [0.15, 0.2) is 0 Å². The molecule has 2 atom stereocenters. The number of nitrogens with zero attached hydrogens (tertiary/aromatic N) is 2. The lowest BCUT2D eigenvalue weighted by molar-refractivity contribution is -0.142. The summed E-state index contributed by atoms with van der Waals surface area (Å²) in [5, 5.41) is 0.296. The topological polar surface area (TPSA) is 77.4 Å². The van der Waals surface area contributed by atoms with Crippen molar-refractivity contribution in [1.82, 2.24) is 4.90 Å². The Morgan fingerprint density at radius 2 is 2.15 bits per heavy atom. The zero-order valence-corrected chi connectivity index (χ0v) is 20.6. The number of para-hydroxylation sites is 1. The molecule has 1 aromatic carbocycles. The number of hydrogen-bond donors (Lipinski definition) is 0. The second kappa shape index (κ2) is 12.0. The van der Waals surface area contributed by atoms with Crippen LogP contribution in [0.2, 0.25) is 0 Å². The van der Waals surface area contributed by atoms with Gasteiger partial charge in [-0.3, -0.25) is 4.79 Å². The van der Waals surface area contributed by atoms with Gasteiger partial charge in [0.1, 0.15) is 17.5 Å². The maximum atomic E-state index is 13.4. The number of carbonyl (C=O) groups is 2. The molecule has 0 saturated carbocycles. The predicted molar refractivity (Wildman–Crippen MR) is 132 cm³/mol. The molecule has 0 bridgehead atoms. The molecule has 2 aliphatic rings. The maximum absolute atomic E-state index is 13.4. The Morgan fingerprint density at radius 3 is 2.82 bits per heavy atom. The predicted octanol–water partition coefficient (Wildman–Crippen LogP) is 4.77. The molecule has 1 fully saturated rings. The molecule has 1 amide bonds. The Kier molecular flexibility index (Phi) is 9.07. The number of aliphatic imine (C=N–C) groups is 1. The van der Waals surface area contributed by atoms with Gasteiger partial charge >= 0.3 is 5.97 Å². The summed E-state index contributed by atoms with van der Waals surface area (Å²) in [6, 6.07) is 7.35. The van der Waals surface area contributed by atoms with Gasteiger partial charge in [-0.15, -0.1) is 0 Å². The molecule has 1 aromatic rings. The summed E-state index contributed by atoms with van der Waals surface area (Å²) < 4.78 is 16.8. The van der Waals surface area contributed by atoms with E-state index < -0.39 is 11.9 Å². The Balaban J connectivity index is 1.89. The van der Waals surface area contributed by atoms with E-state index in [0.29, 0.717) is 40.9 Å². The first-order valence-electron chi connectivity index (χ1n) is 11.3. The van der Waals surface area contributed by atoms with E-state index in [1.807, 2.05) is 24.3 Å². The van der Waals surface area contributed by atoms with E-state index in [-0.39, 0.29) is 25.0 Å². The average molecular weight is 487 g/mol. The number of rotatable bonds is 9. The zero-order valence-electron chi connectivity index (χ0n) is 19.9. The number of ether oxygens (including phenoxy) is 3. The summed E-state index contributed by atoms with van der Waals surface area (Å²) in [7, 11) is 1.57. The van der Waals surface area contributed by atoms with Gasteiger partial charge in [0.2, 0.25) is 5.91 Å². The minimum atomic E-state index is -0.566. The van der Waals surface area contributed by atoms with Gasteiger partial charge in [-0.25, -0.2) is 9.79 Å². The van der Waals surface area contributed by atoms with Crippen LogP contribution >= 0.6 is 11.6 Å². The van der Waals surface area contributed by atoms with Crippen molar-refractivity contribution in [2.75, 3.05) is 20.3 Å². The molecular formula is C26H31ClN2O5. The van der Waals surface area contributed by atoms with Crippen LogP contribution in [0.3, 0.4) is 0 Å². The van der Waals surface area contributed by atoms with Crippen LogP contribution in [0.4, 0.5) is 0 Å². The fourth-order valence-electron chi connectivity index (χ4n) is 4.16. The second-order valence-electron chi connectivity index (χ2n) is 8.23. The van der Waals surface area contributed by atoms with E-state index in [2.05, 4.69) is 11.6 Å². The van der Waals surface area contributed by atoms with Crippen molar-refractivity contribution in [3.05, 3.63) is 64.5 Å². The van der Waals surface area contributed by atoms with Gasteiger partial charge in [-0.1, -0.05) is 42.5 Å². The van der Waals surface area contributed by atoms with Crippen LogP contribution in [0, 0.1) is 5.92 Å². The van der Waals surface area contributed by atoms with E-state index in [1.54, 1.807) is 31.9 Å². The van der Waals surface area contributed by atoms with Crippen LogP contribution in [0.25, 0.3) is 0 Å². The molecule has 0 aromatic heterocycles. The summed E-state index contributed by atoms with van der Waals surface area (Å²) in [4.78, 5) is 32.2. The van der Waals surface area contributed by atoms with Gasteiger partial charge in [0.05, 0.1) is 25.3 Å². The van der Waals surface area contributed by atoms with Crippen LogP contribution in [-0.4, -0.2) is 49.4 Å². The monoisotopic (exact) mass is 486 g/mol. The molecule has 0 spiro atoms. The lowest BCUT2D eigenvalue weighted by atomic mass is 9.84. The number of halogens is 1. The molecule has 8 heteroatoms.